The van der Waals surface area contributed by atoms with Crippen LogP contribution in [0.25, 0.3) is 0 Å². The van der Waals surface area contributed by atoms with Crippen molar-refractivity contribution in [1.29, 1.82) is 0 Å². The van der Waals surface area contributed by atoms with Crippen molar-refractivity contribution in [3.63, 3.8) is 0 Å². The number of hydrogen-bond acceptors (Lipinski definition) is 6. The first-order valence-electron chi connectivity index (χ1n) is 7.02. The van der Waals surface area contributed by atoms with E-state index in [1.54, 1.807) is 0 Å². The number of hydrogen-bond donors (Lipinski definition) is 2. The Morgan fingerprint density at radius 2 is 1.92 bits per heavy atom. The zero-order valence-electron chi connectivity index (χ0n) is 13.1. The van der Waals surface area contributed by atoms with Crippen LogP contribution >= 0.6 is 11.6 Å². The lowest BCUT2D eigenvalue weighted by Crippen LogP contribution is -2.24. The summed E-state index contributed by atoms with van der Waals surface area (Å²) in [7, 11) is 1.14. The number of ether oxygens (including phenoxy) is 1. The molecule has 2 aromatic rings. The third-order valence-electron chi connectivity index (χ3n) is 3.38. The van der Waals surface area contributed by atoms with Crippen molar-refractivity contribution in [2.24, 2.45) is 0 Å². The molecular weight excluding hydrogens is 350 g/mol. The number of carbonyl (C=O) groups is 2. The Kier molecular flexibility index (Phi) is 5.56. The monoisotopic (exact) mass is 363 g/mol. The summed E-state index contributed by atoms with van der Waals surface area (Å²) in [5.41, 5.74) is 6.08. The summed E-state index contributed by atoms with van der Waals surface area (Å²) in [6.07, 6.45) is 0. The largest absolute Gasteiger partial charge is 0.465 e. The molecule has 0 saturated carbocycles. The van der Waals surface area contributed by atoms with Crippen LogP contribution in [0, 0.1) is 10.1 Å². The summed E-state index contributed by atoms with van der Waals surface area (Å²) in [5, 5.41) is 14.1. The molecular formula is C16H14ClN3O5. The predicted molar refractivity (Wildman–Crippen MR) is 91.5 cm³/mol. The average Bonchev–Trinajstić information content (AvgIpc) is 2.58. The zero-order chi connectivity index (χ0) is 18.6. The highest BCUT2D eigenvalue weighted by Gasteiger charge is 2.21. The van der Waals surface area contributed by atoms with Gasteiger partial charge in [-0.1, -0.05) is 17.7 Å². The minimum atomic E-state index is -0.809. The van der Waals surface area contributed by atoms with E-state index in [0.29, 0.717) is 10.6 Å². The molecule has 0 heterocycles. The van der Waals surface area contributed by atoms with Crippen LogP contribution in [0.15, 0.2) is 36.4 Å². The number of nitrogen functional groups attached to an aromatic ring is 1. The number of benzene rings is 2. The third kappa shape index (κ3) is 4.24. The van der Waals surface area contributed by atoms with E-state index in [9.17, 15) is 19.7 Å². The van der Waals surface area contributed by atoms with Crippen LogP contribution < -0.4 is 11.1 Å². The van der Waals surface area contributed by atoms with Gasteiger partial charge in [0.15, 0.2) is 0 Å². The molecule has 0 radical (unpaired) electrons. The molecule has 2 aromatic carbocycles. The number of nitrogens with one attached hydrogen (secondary N) is 1. The van der Waals surface area contributed by atoms with Crippen LogP contribution in [0.3, 0.4) is 0 Å². The molecule has 0 fully saturated rings. The van der Waals surface area contributed by atoms with Crippen molar-refractivity contribution in [2.75, 3.05) is 12.8 Å². The van der Waals surface area contributed by atoms with Gasteiger partial charge in [-0.3, -0.25) is 14.9 Å². The fourth-order valence-corrected chi connectivity index (χ4v) is 2.32. The zero-order valence-corrected chi connectivity index (χ0v) is 13.9. The maximum Gasteiger partial charge on any atom is 0.344 e. The molecule has 0 saturated heterocycles. The fraction of sp³-hybridized carbons (Fsp3) is 0.125. The molecule has 0 atom stereocenters. The van der Waals surface area contributed by atoms with Gasteiger partial charge in [0.2, 0.25) is 0 Å². The second-order valence-corrected chi connectivity index (χ2v) is 5.45. The first-order chi connectivity index (χ1) is 11.8. The molecule has 0 spiro atoms. The van der Waals surface area contributed by atoms with E-state index in [0.717, 1.165) is 7.11 Å². The number of nitro groups is 1. The van der Waals surface area contributed by atoms with Crippen LogP contribution in [-0.2, 0) is 11.3 Å². The van der Waals surface area contributed by atoms with Gasteiger partial charge in [0.05, 0.1) is 17.6 Å². The van der Waals surface area contributed by atoms with Gasteiger partial charge in [0, 0.05) is 23.3 Å². The van der Waals surface area contributed by atoms with E-state index < -0.39 is 22.5 Å². The maximum atomic E-state index is 12.1. The van der Waals surface area contributed by atoms with Crippen molar-refractivity contribution >= 4 is 34.9 Å². The van der Waals surface area contributed by atoms with Crippen LogP contribution in [0.1, 0.15) is 26.3 Å². The number of carbonyl (C=O) groups excluding carboxylic acids is 2. The number of halogens is 1. The molecule has 1 amide bonds. The van der Waals surface area contributed by atoms with E-state index >= 15 is 0 Å². The first kappa shape index (κ1) is 18.2. The number of methoxy groups -OCH3 is 1. The van der Waals surface area contributed by atoms with Gasteiger partial charge >= 0.3 is 5.97 Å². The second kappa shape index (κ2) is 7.63. The first-order valence-corrected chi connectivity index (χ1v) is 7.40. The molecule has 0 aliphatic heterocycles. The highest BCUT2D eigenvalue weighted by atomic mass is 35.5. The molecule has 0 aliphatic rings. The third-order valence-corrected chi connectivity index (χ3v) is 3.61. The normalized spacial score (nSPS) is 10.2. The van der Waals surface area contributed by atoms with Gasteiger partial charge in [0.1, 0.15) is 5.56 Å². The Balaban J connectivity index is 2.18. The van der Waals surface area contributed by atoms with Crippen LogP contribution in [-0.4, -0.2) is 23.9 Å². The number of esters is 1. The summed E-state index contributed by atoms with van der Waals surface area (Å²) >= 11 is 5.78. The Morgan fingerprint density at radius 1 is 1.24 bits per heavy atom. The lowest BCUT2D eigenvalue weighted by Gasteiger charge is -2.09. The second-order valence-electron chi connectivity index (χ2n) is 5.01. The summed E-state index contributed by atoms with van der Waals surface area (Å²) in [6.45, 7) is 0.0171. The summed E-state index contributed by atoms with van der Waals surface area (Å²) < 4.78 is 4.51. The van der Waals surface area contributed by atoms with E-state index in [1.807, 2.05) is 0 Å². The number of amides is 1. The van der Waals surface area contributed by atoms with Crippen molar-refractivity contribution in [3.8, 4) is 0 Å². The van der Waals surface area contributed by atoms with Crippen molar-refractivity contribution < 1.29 is 19.2 Å². The Labute approximate surface area is 147 Å². The van der Waals surface area contributed by atoms with Crippen LogP contribution in [0.5, 0.6) is 0 Å². The number of rotatable bonds is 5. The topological polar surface area (TPSA) is 125 Å². The van der Waals surface area contributed by atoms with Crippen molar-refractivity contribution in [3.05, 3.63) is 68.2 Å². The average molecular weight is 364 g/mol. The van der Waals surface area contributed by atoms with E-state index in [-0.39, 0.29) is 23.4 Å². The van der Waals surface area contributed by atoms with Crippen LogP contribution in [0.4, 0.5) is 11.4 Å². The fourth-order valence-electron chi connectivity index (χ4n) is 2.14. The number of anilines is 1. The van der Waals surface area contributed by atoms with E-state index in [4.69, 9.17) is 17.3 Å². The molecule has 2 rings (SSSR count). The molecule has 0 unspecified atom stereocenters. The Hall–Kier alpha value is -3.13. The Bertz CT molecular complexity index is 854. The number of nitro benzene ring substituents is 1. The Morgan fingerprint density at radius 3 is 2.52 bits per heavy atom. The summed E-state index contributed by atoms with van der Waals surface area (Å²) in [5.74, 6) is -1.26. The van der Waals surface area contributed by atoms with Gasteiger partial charge in [0.25, 0.3) is 11.6 Å². The molecule has 0 aromatic heterocycles. The lowest BCUT2D eigenvalue weighted by molar-refractivity contribution is -0.385. The minimum Gasteiger partial charge on any atom is -0.465 e. The van der Waals surface area contributed by atoms with Gasteiger partial charge < -0.3 is 15.8 Å². The molecule has 0 aliphatic carbocycles. The van der Waals surface area contributed by atoms with E-state index in [2.05, 4.69) is 10.1 Å². The maximum absolute atomic E-state index is 12.1. The lowest BCUT2D eigenvalue weighted by atomic mass is 10.1. The SMILES string of the molecule is COC(=O)c1ccc(CNC(=O)c2ccc(Cl)cc2N)cc1[N+](=O)[O-]. The minimum absolute atomic E-state index is 0.0171. The quantitative estimate of drug-likeness (QED) is 0.364. The molecule has 3 N–H and O–H groups in total. The van der Waals surface area contributed by atoms with Crippen molar-refractivity contribution in [1.82, 2.24) is 5.32 Å². The molecule has 130 valence electrons. The molecule has 8 nitrogen and oxygen atoms in total. The molecule has 25 heavy (non-hydrogen) atoms. The van der Waals surface area contributed by atoms with Gasteiger partial charge in [-0.15, -0.1) is 0 Å². The standard InChI is InChI=1S/C16H14ClN3O5/c1-25-16(22)12-4-2-9(6-14(12)20(23)24)8-19-15(21)11-5-3-10(17)7-13(11)18/h2-7H,8,18H2,1H3,(H,19,21). The van der Waals surface area contributed by atoms with Gasteiger partial charge in [-0.2, -0.15) is 0 Å². The van der Waals surface area contributed by atoms with Crippen molar-refractivity contribution in [2.45, 2.75) is 6.54 Å². The highest BCUT2D eigenvalue weighted by Crippen LogP contribution is 2.22. The van der Waals surface area contributed by atoms with Gasteiger partial charge in [-0.05, 0) is 29.8 Å². The van der Waals surface area contributed by atoms with E-state index in [1.165, 1.54) is 36.4 Å². The summed E-state index contributed by atoms with van der Waals surface area (Å²) in [4.78, 5) is 34.1. The predicted octanol–water partition coefficient (Wildman–Crippen LogP) is 2.55. The highest BCUT2D eigenvalue weighted by molar-refractivity contribution is 6.31. The number of nitrogens with two attached hydrogens (primary N) is 1. The smallest absolute Gasteiger partial charge is 0.344 e. The molecule has 9 heteroatoms. The van der Waals surface area contributed by atoms with Gasteiger partial charge in [-0.25, -0.2) is 4.79 Å². The van der Waals surface area contributed by atoms with Crippen LogP contribution in [0.2, 0.25) is 5.02 Å². The summed E-state index contributed by atoms with van der Waals surface area (Å²) in [6, 6.07) is 8.44. The molecule has 0 bridgehead atoms. The number of nitrogens with zero attached hydrogens (tertiary/aromatic N) is 1.